The molecule has 0 aromatic heterocycles. The minimum absolute atomic E-state index is 0.269. The standard InChI is InChI=1S/C12H12Cl2N2O2/c1-3-9-11(17)16(12(18)15(9)2)10-6-7(13)4-5-8(10)14/h4-6,9H,3H2,1-2H3. The molecule has 4 nitrogen and oxygen atoms in total. The molecular weight excluding hydrogens is 275 g/mol. The Hall–Kier alpha value is -1.26. The Bertz CT molecular complexity index is 519. The number of imide groups is 1. The molecule has 1 atom stereocenters. The molecule has 18 heavy (non-hydrogen) atoms. The number of carbonyl (C=O) groups excluding carboxylic acids is 2. The largest absolute Gasteiger partial charge is 0.331 e. The number of halogens is 2. The first-order valence-corrected chi connectivity index (χ1v) is 6.28. The highest BCUT2D eigenvalue weighted by atomic mass is 35.5. The van der Waals surface area contributed by atoms with Crippen molar-refractivity contribution in [1.29, 1.82) is 0 Å². The summed E-state index contributed by atoms with van der Waals surface area (Å²) < 4.78 is 0. The van der Waals surface area contributed by atoms with Crippen LogP contribution in [-0.2, 0) is 4.79 Å². The summed E-state index contributed by atoms with van der Waals surface area (Å²) in [6, 6.07) is 3.88. The number of likely N-dealkylation sites (N-methyl/N-ethyl adjacent to an activating group) is 1. The summed E-state index contributed by atoms with van der Waals surface area (Å²) in [5.74, 6) is -0.269. The topological polar surface area (TPSA) is 40.6 Å². The Kier molecular flexibility index (Phi) is 3.50. The predicted molar refractivity (Wildman–Crippen MR) is 71.2 cm³/mol. The third-order valence-corrected chi connectivity index (χ3v) is 3.56. The quantitative estimate of drug-likeness (QED) is 0.784. The molecule has 1 unspecified atom stereocenters. The molecule has 6 heteroatoms. The molecule has 1 aliphatic heterocycles. The zero-order chi connectivity index (χ0) is 13.4. The molecule has 0 aliphatic carbocycles. The van der Waals surface area contributed by atoms with E-state index >= 15 is 0 Å². The number of hydrogen-bond acceptors (Lipinski definition) is 2. The van der Waals surface area contributed by atoms with E-state index < -0.39 is 6.04 Å². The normalized spacial score (nSPS) is 19.9. The number of rotatable bonds is 2. The second kappa shape index (κ2) is 4.78. The number of anilines is 1. The van der Waals surface area contributed by atoms with Gasteiger partial charge in [0.2, 0.25) is 0 Å². The van der Waals surface area contributed by atoms with Crippen LogP contribution in [-0.4, -0.2) is 29.9 Å². The fraction of sp³-hybridized carbons (Fsp3) is 0.333. The molecule has 0 N–H and O–H groups in total. The molecule has 0 bridgehead atoms. The Morgan fingerprint density at radius 1 is 1.28 bits per heavy atom. The van der Waals surface area contributed by atoms with Crippen molar-refractivity contribution in [2.24, 2.45) is 0 Å². The van der Waals surface area contributed by atoms with Crippen LogP contribution >= 0.6 is 23.2 Å². The number of hydrogen-bond donors (Lipinski definition) is 0. The maximum atomic E-state index is 12.2. The van der Waals surface area contributed by atoms with Crippen LogP contribution in [0, 0.1) is 0 Å². The molecule has 1 aromatic rings. The van der Waals surface area contributed by atoms with E-state index in [1.165, 1.54) is 11.0 Å². The van der Waals surface area contributed by atoms with E-state index in [0.29, 0.717) is 22.2 Å². The highest BCUT2D eigenvalue weighted by Crippen LogP contribution is 2.33. The van der Waals surface area contributed by atoms with Crippen molar-refractivity contribution in [3.8, 4) is 0 Å². The van der Waals surface area contributed by atoms with Gasteiger partial charge in [-0.25, -0.2) is 9.69 Å². The molecule has 96 valence electrons. The molecule has 1 aliphatic rings. The van der Waals surface area contributed by atoms with Crippen LogP contribution < -0.4 is 4.90 Å². The van der Waals surface area contributed by atoms with Gasteiger partial charge in [-0.05, 0) is 24.6 Å². The van der Waals surface area contributed by atoms with E-state index in [4.69, 9.17) is 23.2 Å². The van der Waals surface area contributed by atoms with Gasteiger partial charge in [-0.2, -0.15) is 0 Å². The zero-order valence-corrected chi connectivity index (χ0v) is 11.5. The summed E-state index contributed by atoms with van der Waals surface area (Å²) in [4.78, 5) is 26.8. The van der Waals surface area contributed by atoms with E-state index in [0.717, 1.165) is 4.90 Å². The maximum absolute atomic E-state index is 12.2. The zero-order valence-electron chi connectivity index (χ0n) is 9.98. The van der Waals surface area contributed by atoms with Gasteiger partial charge in [0.05, 0.1) is 10.7 Å². The number of urea groups is 1. The van der Waals surface area contributed by atoms with Crippen LogP contribution in [0.5, 0.6) is 0 Å². The number of amides is 3. The summed E-state index contributed by atoms with van der Waals surface area (Å²) in [7, 11) is 1.60. The van der Waals surface area contributed by atoms with Crippen molar-refractivity contribution in [3.05, 3.63) is 28.2 Å². The monoisotopic (exact) mass is 286 g/mol. The molecule has 0 radical (unpaired) electrons. The summed E-state index contributed by atoms with van der Waals surface area (Å²) in [6.07, 6.45) is 0.565. The highest BCUT2D eigenvalue weighted by molar-refractivity contribution is 6.37. The van der Waals surface area contributed by atoms with Gasteiger partial charge in [-0.3, -0.25) is 4.79 Å². The molecule has 1 fully saturated rings. The summed E-state index contributed by atoms with van der Waals surface area (Å²) in [5.41, 5.74) is 0.335. The van der Waals surface area contributed by atoms with Gasteiger partial charge in [0.25, 0.3) is 5.91 Å². The van der Waals surface area contributed by atoms with Gasteiger partial charge >= 0.3 is 6.03 Å². The molecule has 0 spiro atoms. The van der Waals surface area contributed by atoms with Crippen molar-refractivity contribution in [1.82, 2.24) is 4.90 Å². The van der Waals surface area contributed by atoms with Crippen molar-refractivity contribution < 1.29 is 9.59 Å². The number of nitrogens with zero attached hydrogens (tertiary/aromatic N) is 2. The van der Waals surface area contributed by atoms with Crippen LogP contribution in [0.4, 0.5) is 10.5 Å². The van der Waals surface area contributed by atoms with E-state index in [9.17, 15) is 9.59 Å². The van der Waals surface area contributed by atoms with Crippen LogP contribution in [0.25, 0.3) is 0 Å². The molecule has 2 rings (SSSR count). The molecule has 3 amide bonds. The van der Waals surface area contributed by atoms with E-state index in [1.54, 1.807) is 19.2 Å². The third-order valence-electron chi connectivity index (χ3n) is 3.00. The van der Waals surface area contributed by atoms with Crippen LogP contribution in [0.1, 0.15) is 13.3 Å². The average molecular weight is 287 g/mol. The van der Waals surface area contributed by atoms with Crippen LogP contribution in [0.3, 0.4) is 0 Å². The molecule has 1 heterocycles. The van der Waals surface area contributed by atoms with Gasteiger partial charge < -0.3 is 4.90 Å². The first kappa shape index (κ1) is 13.2. The van der Waals surface area contributed by atoms with Gasteiger partial charge in [-0.1, -0.05) is 30.1 Å². The van der Waals surface area contributed by atoms with E-state index in [2.05, 4.69) is 0 Å². The summed E-state index contributed by atoms with van der Waals surface area (Å²) in [5, 5.41) is 0.754. The lowest BCUT2D eigenvalue weighted by atomic mass is 10.2. The SMILES string of the molecule is CCC1C(=O)N(c2cc(Cl)ccc2Cl)C(=O)N1C. The molecule has 0 saturated carbocycles. The fourth-order valence-electron chi connectivity index (χ4n) is 2.03. The Morgan fingerprint density at radius 2 is 1.94 bits per heavy atom. The van der Waals surface area contributed by atoms with Gasteiger partial charge in [0, 0.05) is 12.1 Å². The van der Waals surface area contributed by atoms with Gasteiger partial charge in [-0.15, -0.1) is 0 Å². The van der Waals surface area contributed by atoms with Crippen molar-refractivity contribution in [2.75, 3.05) is 11.9 Å². The minimum Gasteiger partial charge on any atom is -0.315 e. The van der Waals surface area contributed by atoms with Crippen molar-refractivity contribution in [2.45, 2.75) is 19.4 Å². The smallest absolute Gasteiger partial charge is 0.315 e. The second-order valence-electron chi connectivity index (χ2n) is 4.09. The lowest BCUT2D eigenvalue weighted by molar-refractivity contribution is -0.119. The Morgan fingerprint density at radius 3 is 2.50 bits per heavy atom. The lowest BCUT2D eigenvalue weighted by Crippen LogP contribution is -2.31. The highest BCUT2D eigenvalue weighted by Gasteiger charge is 2.43. The van der Waals surface area contributed by atoms with Crippen LogP contribution in [0.15, 0.2) is 18.2 Å². The second-order valence-corrected chi connectivity index (χ2v) is 4.93. The molecular formula is C12H12Cl2N2O2. The first-order chi connectivity index (χ1) is 8.47. The predicted octanol–water partition coefficient (Wildman–Crippen LogP) is 3.17. The minimum atomic E-state index is -0.437. The van der Waals surface area contributed by atoms with Crippen molar-refractivity contribution >= 4 is 40.8 Å². The van der Waals surface area contributed by atoms with E-state index in [-0.39, 0.29) is 11.9 Å². The lowest BCUT2D eigenvalue weighted by Gasteiger charge is -2.15. The number of benzene rings is 1. The van der Waals surface area contributed by atoms with E-state index in [1.807, 2.05) is 6.92 Å². The van der Waals surface area contributed by atoms with Crippen molar-refractivity contribution in [3.63, 3.8) is 0 Å². The van der Waals surface area contributed by atoms with Gasteiger partial charge in [0.1, 0.15) is 6.04 Å². The Balaban J connectivity index is 2.48. The molecule has 1 aromatic carbocycles. The van der Waals surface area contributed by atoms with Gasteiger partial charge in [0.15, 0.2) is 0 Å². The summed E-state index contributed by atoms with van der Waals surface area (Å²) >= 11 is 11.9. The first-order valence-electron chi connectivity index (χ1n) is 5.53. The summed E-state index contributed by atoms with van der Waals surface area (Å²) in [6.45, 7) is 1.86. The average Bonchev–Trinajstić information content (AvgIpc) is 2.54. The fourth-order valence-corrected chi connectivity index (χ4v) is 2.40. The number of carbonyl (C=O) groups is 2. The molecule has 1 saturated heterocycles. The maximum Gasteiger partial charge on any atom is 0.331 e. The Labute approximate surface area is 115 Å². The third kappa shape index (κ3) is 1.95. The van der Waals surface area contributed by atoms with Crippen LogP contribution in [0.2, 0.25) is 10.0 Å².